The Balaban J connectivity index is 1.87. The van der Waals surface area contributed by atoms with E-state index in [0.29, 0.717) is 18.0 Å². The van der Waals surface area contributed by atoms with Gasteiger partial charge in [-0.3, -0.25) is 4.79 Å². The van der Waals surface area contributed by atoms with Gasteiger partial charge in [-0.05, 0) is 38.1 Å². The van der Waals surface area contributed by atoms with Crippen LogP contribution in [0.4, 0.5) is 5.69 Å². The Hall–Kier alpha value is -2.53. The van der Waals surface area contributed by atoms with Crippen LogP contribution < -0.4 is 20.1 Å². The fourth-order valence-corrected chi connectivity index (χ4v) is 3.07. The van der Waals surface area contributed by atoms with Crippen molar-refractivity contribution < 1.29 is 14.3 Å². The highest BCUT2D eigenvalue weighted by atomic mass is 16.5. The molecule has 0 saturated carbocycles. The van der Waals surface area contributed by atoms with Gasteiger partial charge in [0.15, 0.2) is 18.1 Å². The third-order valence-electron chi connectivity index (χ3n) is 4.74. The summed E-state index contributed by atoms with van der Waals surface area (Å²) >= 11 is 0. The molecule has 0 aliphatic carbocycles. The number of carbonyl (C=O) groups is 1. The molecule has 0 radical (unpaired) electrons. The number of nitrogens with one attached hydrogen (secondary N) is 2. The van der Waals surface area contributed by atoms with Crippen LogP contribution in [0.3, 0.4) is 0 Å². The maximum Gasteiger partial charge on any atom is 0.262 e. The molecule has 0 aliphatic heterocycles. The van der Waals surface area contributed by atoms with Crippen LogP contribution in [0.1, 0.15) is 50.2 Å². The second-order valence-electron chi connectivity index (χ2n) is 7.24. The molecule has 1 amide bonds. The number of hydrogen-bond donors (Lipinski definition) is 2. The number of amides is 1. The largest absolute Gasteiger partial charge is 0.493 e. The quantitative estimate of drug-likeness (QED) is 0.462. The molecule has 5 heteroatoms. The van der Waals surface area contributed by atoms with E-state index in [9.17, 15) is 4.79 Å². The molecular weight excluding hydrogens is 364 g/mol. The molecule has 0 fully saturated rings. The molecule has 0 bridgehead atoms. The third-order valence-corrected chi connectivity index (χ3v) is 4.74. The molecule has 0 aromatic heterocycles. The van der Waals surface area contributed by atoms with E-state index in [-0.39, 0.29) is 12.5 Å². The number of methoxy groups -OCH3 is 1. The number of unbranched alkanes of at least 4 members (excludes halogenated alkanes) is 4. The average molecular weight is 399 g/mol. The number of benzene rings is 2. The Morgan fingerprint density at radius 2 is 1.76 bits per heavy atom. The van der Waals surface area contributed by atoms with Crippen molar-refractivity contribution in [2.75, 3.05) is 25.6 Å². The number of rotatable bonds is 13. The molecule has 2 aromatic carbocycles. The van der Waals surface area contributed by atoms with Gasteiger partial charge in [-0.25, -0.2) is 0 Å². The lowest BCUT2D eigenvalue weighted by molar-refractivity contribution is -0.118. The van der Waals surface area contributed by atoms with Gasteiger partial charge in [0.05, 0.1) is 7.11 Å². The molecule has 2 aromatic rings. The van der Waals surface area contributed by atoms with Crippen LogP contribution in [0.15, 0.2) is 42.5 Å². The second-order valence-corrected chi connectivity index (χ2v) is 7.24. The van der Waals surface area contributed by atoms with Crippen LogP contribution in [0, 0.1) is 6.92 Å². The first-order valence-electron chi connectivity index (χ1n) is 10.5. The topological polar surface area (TPSA) is 59.6 Å². The van der Waals surface area contributed by atoms with E-state index >= 15 is 0 Å². The smallest absolute Gasteiger partial charge is 0.262 e. The normalized spacial score (nSPS) is 10.6. The number of hydrogen-bond acceptors (Lipinski definition) is 4. The van der Waals surface area contributed by atoms with E-state index in [2.05, 4.69) is 17.6 Å². The molecule has 0 spiro atoms. The van der Waals surface area contributed by atoms with Gasteiger partial charge in [-0.15, -0.1) is 0 Å². The lowest BCUT2D eigenvalue weighted by atomic mass is 10.1. The molecule has 0 heterocycles. The van der Waals surface area contributed by atoms with Crippen molar-refractivity contribution in [2.24, 2.45) is 0 Å². The van der Waals surface area contributed by atoms with Crippen molar-refractivity contribution in [3.63, 3.8) is 0 Å². The van der Waals surface area contributed by atoms with Crippen LogP contribution in [0.5, 0.6) is 11.5 Å². The zero-order valence-corrected chi connectivity index (χ0v) is 17.9. The summed E-state index contributed by atoms with van der Waals surface area (Å²) < 4.78 is 11.3. The van der Waals surface area contributed by atoms with Crippen LogP contribution in [-0.2, 0) is 11.3 Å². The molecule has 0 unspecified atom stereocenters. The van der Waals surface area contributed by atoms with Gasteiger partial charge in [-0.2, -0.15) is 0 Å². The minimum atomic E-state index is -0.199. The molecule has 5 nitrogen and oxygen atoms in total. The van der Waals surface area contributed by atoms with Crippen LogP contribution >= 0.6 is 0 Å². The number of carbonyl (C=O) groups excluding carboxylic acids is 1. The third kappa shape index (κ3) is 8.16. The summed E-state index contributed by atoms with van der Waals surface area (Å²) in [6.45, 7) is 5.81. The summed E-state index contributed by atoms with van der Waals surface area (Å²) in [5, 5.41) is 6.32. The highest BCUT2D eigenvalue weighted by Crippen LogP contribution is 2.31. The average Bonchev–Trinajstić information content (AvgIpc) is 2.73. The van der Waals surface area contributed by atoms with Crippen molar-refractivity contribution in [3.05, 3.63) is 53.6 Å². The highest BCUT2D eigenvalue weighted by molar-refractivity contribution is 5.91. The Labute approximate surface area is 174 Å². The lowest BCUT2D eigenvalue weighted by Crippen LogP contribution is -2.21. The van der Waals surface area contributed by atoms with Crippen molar-refractivity contribution in [3.8, 4) is 11.5 Å². The number of para-hydroxylation sites is 1. The van der Waals surface area contributed by atoms with Crippen molar-refractivity contribution in [1.82, 2.24) is 5.32 Å². The van der Waals surface area contributed by atoms with Crippen LogP contribution in [0.2, 0.25) is 0 Å². The van der Waals surface area contributed by atoms with E-state index in [1.807, 2.05) is 49.4 Å². The van der Waals surface area contributed by atoms with Gasteiger partial charge in [0.1, 0.15) is 0 Å². The molecular formula is C24H34N2O3. The maximum atomic E-state index is 12.3. The van der Waals surface area contributed by atoms with Gasteiger partial charge in [0, 0.05) is 17.8 Å². The van der Waals surface area contributed by atoms with Crippen molar-refractivity contribution >= 4 is 11.6 Å². The number of anilines is 1. The molecule has 158 valence electrons. The first kappa shape index (κ1) is 22.8. The monoisotopic (exact) mass is 398 g/mol. The van der Waals surface area contributed by atoms with E-state index in [1.54, 1.807) is 7.11 Å². The summed E-state index contributed by atoms with van der Waals surface area (Å²) in [6, 6.07) is 13.5. The maximum absolute atomic E-state index is 12.3. The molecule has 0 atom stereocenters. The molecule has 0 saturated heterocycles. The zero-order chi connectivity index (χ0) is 20.9. The minimum absolute atomic E-state index is 0.0712. The highest BCUT2D eigenvalue weighted by Gasteiger charge is 2.13. The van der Waals surface area contributed by atoms with Crippen molar-refractivity contribution in [2.45, 2.75) is 52.5 Å². The second kappa shape index (κ2) is 12.8. The summed E-state index contributed by atoms with van der Waals surface area (Å²) in [4.78, 5) is 12.3. The Kier molecular flexibility index (Phi) is 10.1. The summed E-state index contributed by atoms with van der Waals surface area (Å²) in [5.74, 6) is 1.05. The molecule has 0 aliphatic rings. The van der Waals surface area contributed by atoms with Gasteiger partial charge < -0.3 is 20.1 Å². The minimum Gasteiger partial charge on any atom is -0.493 e. The summed E-state index contributed by atoms with van der Waals surface area (Å²) in [6.07, 6.45) is 6.27. The Morgan fingerprint density at radius 3 is 2.48 bits per heavy atom. The first-order valence-corrected chi connectivity index (χ1v) is 10.5. The summed E-state index contributed by atoms with van der Waals surface area (Å²) in [5.41, 5.74) is 2.89. The molecule has 2 rings (SSSR count). The Bertz CT molecular complexity index is 744. The SMILES string of the molecule is CCCCCCCNCc1cccc(OC)c1OCC(=O)Nc1ccc(C)cc1. The van der Waals surface area contributed by atoms with Crippen LogP contribution in [0.25, 0.3) is 0 Å². The first-order chi connectivity index (χ1) is 14.1. The lowest BCUT2D eigenvalue weighted by Gasteiger charge is -2.15. The van der Waals surface area contributed by atoms with E-state index < -0.39 is 0 Å². The van der Waals surface area contributed by atoms with Crippen molar-refractivity contribution in [1.29, 1.82) is 0 Å². The fraction of sp³-hybridized carbons (Fsp3) is 0.458. The fourth-order valence-electron chi connectivity index (χ4n) is 3.07. The Morgan fingerprint density at radius 1 is 1.00 bits per heavy atom. The van der Waals surface area contributed by atoms with Gasteiger partial charge in [0.2, 0.25) is 0 Å². The standard InChI is InChI=1S/C24H34N2O3/c1-4-5-6-7-8-16-25-17-20-10-9-11-22(28-3)24(20)29-18-23(27)26-21-14-12-19(2)13-15-21/h9-15,25H,4-8,16-18H2,1-3H3,(H,26,27). The predicted octanol–water partition coefficient (Wildman–Crippen LogP) is 5.08. The van der Waals surface area contributed by atoms with Gasteiger partial charge >= 0.3 is 0 Å². The molecule has 29 heavy (non-hydrogen) atoms. The molecule has 2 N–H and O–H groups in total. The number of aryl methyl sites for hydroxylation is 1. The van der Waals surface area contributed by atoms with Crippen LogP contribution in [-0.4, -0.2) is 26.2 Å². The summed E-state index contributed by atoms with van der Waals surface area (Å²) in [7, 11) is 1.61. The van der Waals surface area contributed by atoms with E-state index in [4.69, 9.17) is 9.47 Å². The zero-order valence-electron chi connectivity index (χ0n) is 17.9. The van der Waals surface area contributed by atoms with Gasteiger partial charge in [-0.1, -0.05) is 62.4 Å². The van der Waals surface area contributed by atoms with E-state index in [0.717, 1.165) is 23.4 Å². The predicted molar refractivity (Wildman–Crippen MR) is 119 cm³/mol. The number of ether oxygens (including phenoxy) is 2. The van der Waals surface area contributed by atoms with Gasteiger partial charge in [0.25, 0.3) is 5.91 Å². The van der Waals surface area contributed by atoms with E-state index in [1.165, 1.54) is 32.1 Å².